The first-order valence-corrected chi connectivity index (χ1v) is 5.73. The number of nitrogens with zero attached hydrogens (tertiary/aromatic N) is 1. The van der Waals surface area contributed by atoms with Crippen LogP contribution >= 0.6 is 0 Å². The molecule has 0 saturated heterocycles. The van der Waals surface area contributed by atoms with Crippen molar-refractivity contribution in [3.8, 4) is 0 Å². The lowest BCUT2D eigenvalue weighted by molar-refractivity contribution is -0.385. The lowest BCUT2D eigenvalue weighted by atomic mass is 10.0. The monoisotopic (exact) mass is 296 g/mol. The molecule has 112 valence electrons. The summed E-state index contributed by atoms with van der Waals surface area (Å²) in [5.41, 5.74) is -0.493. The number of rotatable bonds is 6. The Labute approximate surface area is 118 Å². The average Bonchev–Trinajstić information content (AvgIpc) is 2.36. The normalized spacial score (nSPS) is 11.5. The molecule has 0 aliphatic rings. The Morgan fingerprint density at radius 1 is 1.33 bits per heavy atom. The minimum absolute atomic E-state index is 0.279. The number of nitrogens with one attached hydrogen (secondary N) is 1. The van der Waals surface area contributed by atoms with Crippen LogP contribution in [0.3, 0.4) is 0 Å². The fourth-order valence-corrected chi connectivity index (χ4v) is 1.70. The van der Waals surface area contributed by atoms with Crippen LogP contribution in [0.15, 0.2) is 18.2 Å². The molecule has 0 radical (unpaired) electrons. The lowest BCUT2D eigenvalue weighted by Crippen LogP contribution is -2.42. The van der Waals surface area contributed by atoms with E-state index in [1.807, 2.05) is 5.32 Å². The van der Waals surface area contributed by atoms with E-state index in [1.54, 1.807) is 0 Å². The van der Waals surface area contributed by atoms with E-state index >= 15 is 0 Å². The molecule has 0 aliphatic carbocycles. The summed E-state index contributed by atoms with van der Waals surface area (Å²) >= 11 is 0. The minimum Gasteiger partial charge on any atom is -0.481 e. The summed E-state index contributed by atoms with van der Waals surface area (Å²) in [6, 6.07) is 2.27. The van der Waals surface area contributed by atoms with Gasteiger partial charge in [-0.2, -0.15) is 0 Å². The molecule has 1 atom stereocenters. The molecular formula is C12H12N2O7. The predicted octanol–water partition coefficient (Wildman–Crippen LogP) is 0.561. The number of nitro groups is 1. The number of carboxylic acid groups (broad SMARTS) is 2. The van der Waals surface area contributed by atoms with Crippen molar-refractivity contribution in [3.05, 3.63) is 39.4 Å². The number of nitro benzene ring substituents is 1. The first-order valence-electron chi connectivity index (χ1n) is 5.73. The van der Waals surface area contributed by atoms with E-state index in [-0.39, 0.29) is 11.1 Å². The number of aliphatic carboxylic acids is 2. The standard InChI is InChI=1S/C12H12N2O7/c1-6-3-2-4-8(14(20)21)10(6)11(17)13-7(12(18)19)5-9(15)16/h2-4,7H,5H2,1H3,(H,13,17)(H,15,16)(H,18,19). The maximum atomic E-state index is 12.0. The SMILES string of the molecule is Cc1cccc([N+](=O)[O-])c1C(=O)NC(CC(=O)O)C(=O)O. The second-order valence-electron chi connectivity index (χ2n) is 4.19. The molecule has 9 heteroatoms. The molecular weight excluding hydrogens is 284 g/mol. The van der Waals surface area contributed by atoms with Crippen molar-refractivity contribution in [2.24, 2.45) is 0 Å². The van der Waals surface area contributed by atoms with E-state index in [9.17, 15) is 24.5 Å². The maximum absolute atomic E-state index is 12.0. The Bertz CT molecular complexity index is 612. The highest BCUT2D eigenvalue weighted by molar-refractivity contribution is 6.01. The van der Waals surface area contributed by atoms with Crippen LogP contribution in [-0.2, 0) is 9.59 Å². The van der Waals surface area contributed by atoms with Gasteiger partial charge in [0.15, 0.2) is 0 Å². The van der Waals surface area contributed by atoms with Gasteiger partial charge in [0, 0.05) is 6.07 Å². The van der Waals surface area contributed by atoms with Gasteiger partial charge in [0.2, 0.25) is 0 Å². The minimum atomic E-state index is -1.67. The van der Waals surface area contributed by atoms with E-state index < -0.39 is 40.9 Å². The molecule has 1 aromatic carbocycles. The Morgan fingerprint density at radius 2 is 1.95 bits per heavy atom. The Hall–Kier alpha value is -2.97. The van der Waals surface area contributed by atoms with Crippen molar-refractivity contribution in [1.29, 1.82) is 0 Å². The molecule has 1 aromatic rings. The number of carbonyl (C=O) groups is 3. The van der Waals surface area contributed by atoms with Gasteiger partial charge in [-0.1, -0.05) is 12.1 Å². The van der Waals surface area contributed by atoms with Crippen LogP contribution in [0.5, 0.6) is 0 Å². The van der Waals surface area contributed by atoms with Crippen LogP contribution in [0, 0.1) is 17.0 Å². The van der Waals surface area contributed by atoms with Crippen LogP contribution in [-0.4, -0.2) is 39.0 Å². The van der Waals surface area contributed by atoms with Crippen LogP contribution in [0.2, 0.25) is 0 Å². The molecule has 0 aliphatic heterocycles. The van der Waals surface area contributed by atoms with Crippen molar-refractivity contribution in [1.82, 2.24) is 5.32 Å². The van der Waals surface area contributed by atoms with Gasteiger partial charge >= 0.3 is 11.9 Å². The summed E-state index contributed by atoms with van der Waals surface area (Å²) in [6.45, 7) is 1.45. The van der Waals surface area contributed by atoms with Crippen LogP contribution in [0.25, 0.3) is 0 Å². The topological polar surface area (TPSA) is 147 Å². The molecule has 9 nitrogen and oxygen atoms in total. The van der Waals surface area contributed by atoms with Crippen molar-refractivity contribution in [3.63, 3.8) is 0 Å². The van der Waals surface area contributed by atoms with Crippen molar-refractivity contribution >= 4 is 23.5 Å². The summed E-state index contributed by atoms with van der Waals surface area (Å²) in [5, 5.41) is 30.3. The zero-order chi connectivity index (χ0) is 16.2. The Kier molecular flexibility index (Phi) is 4.95. The van der Waals surface area contributed by atoms with Crippen LogP contribution in [0.1, 0.15) is 22.3 Å². The largest absolute Gasteiger partial charge is 0.481 e. The van der Waals surface area contributed by atoms with E-state index in [0.717, 1.165) is 6.07 Å². The summed E-state index contributed by atoms with van der Waals surface area (Å²) in [7, 11) is 0. The van der Waals surface area contributed by atoms with Gasteiger partial charge in [0.05, 0.1) is 11.3 Å². The Balaban J connectivity index is 3.11. The fourth-order valence-electron chi connectivity index (χ4n) is 1.70. The Morgan fingerprint density at radius 3 is 2.43 bits per heavy atom. The van der Waals surface area contributed by atoms with E-state index in [2.05, 4.69) is 0 Å². The fraction of sp³-hybridized carbons (Fsp3) is 0.250. The maximum Gasteiger partial charge on any atom is 0.326 e. The van der Waals surface area contributed by atoms with Crippen molar-refractivity contribution in [2.45, 2.75) is 19.4 Å². The van der Waals surface area contributed by atoms with E-state index in [4.69, 9.17) is 10.2 Å². The van der Waals surface area contributed by atoms with Gasteiger partial charge in [-0.15, -0.1) is 0 Å². The first kappa shape index (κ1) is 16.1. The number of hydrogen-bond donors (Lipinski definition) is 3. The molecule has 1 rings (SSSR count). The molecule has 0 fully saturated rings. The zero-order valence-corrected chi connectivity index (χ0v) is 10.9. The third-order valence-corrected chi connectivity index (χ3v) is 2.66. The first-order chi connectivity index (χ1) is 9.73. The number of carbonyl (C=O) groups excluding carboxylic acids is 1. The predicted molar refractivity (Wildman–Crippen MR) is 69.0 cm³/mol. The highest BCUT2D eigenvalue weighted by atomic mass is 16.6. The summed E-state index contributed by atoms with van der Waals surface area (Å²) in [6.07, 6.45) is -0.833. The number of aryl methyl sites for hydroxylation is 1. The zero-order valence-electron chi connectivity index (χ0n) is 10.9. The summed E-state index contributed by atoms with van der Waals surface area (Å²) < 4.78 is 0. The lowest BCUT2D eigenvalue weighted by Gasteiger charge is -2.13. The average molecular weight is 296 g/mol. The molecule has 0 heterocycles. The highest BCUT2D eigenvalue weighted by Crippen LogP contribution is 2.21. The van der Waals surface area contributed by atoms with Crippen LogP contribution in [0.4, 0.5) is 5.69 Å². The molecule has 0 spiro atoms. The van der Waals surface area contributed by atoms with Gasteiger partial charge in [-0.3, -0.25) is 19.7 Å². The summed E-state index contributed by atoms with van der Waals surface area (Å²) in [4.78, 5) is 43.6. The van der Waals surface area contributed by atoms with E-state index in [1.165, 1.54) is 19.1 Å². The van der Waals surface area contributed by atoms with Crippen LogP contribution < -0.4 is 5.32 Å². The van der Waals surface area contributed by atoms with Gasteiger partial charge in [0.25, 0.3) is 11.6 Å². The number of benzene rings is 1. The van der Waals surface area contributed by atoms with Crippen molar-refractivity contribution in [2.75, 3.05) is 0 Å². The van der Waals surface area contributed by atoms with Crippen molar-refractivity contribution < 1.29 is 29.5 Å². The second-order valence-corrected chi connectivity index (χ2v) is 4.19. The van der Waals surface area contributed by atoms with E-state index in [0.29, 0.717) is 0 Å². The van der Waals surface area contributed by atoms with Gasteiger partial charge in [0.1, 0.15) is 11.6 Å². The molecule has 0 aromatic heterocycles. The summed E-state index contributed by atoms with van der Waals surface area (Å²) in [5.74, 6) is -3.96. The molecule has 0 saturated carbocycles. The molecule has 21 heavy (non-hydrogen) atoms. The quantitative estimate of drug-likeness (QED) is 0.513. The third kappa shape index (κ3) is 4.00. The highest BCUT2D eigenvalue weighted by Gasteiger charge is 2.28. The number of carboxylic acids is 2. The molecule has 1 amide bonds. The van der Waals surface area contributed by atoms with Gasteiger partial charge < -0.3 is 15.5 Å². The number of hydrogen-bond acceptors (Lipinski definition) is 5. The third-order valence-electron chi connectivity index (χ3n) is 2.66. The second kappa shape index (κ2) is 6.46. The molecule has 1 unspecified atom stereocenters. The number of amides is 1. The smallest absolute Gasteiger partial charge is 0.326 e. The molecule has 0 bridgehead atoms. The van der Waals surface area contributed by atoms with Gasteiger partial charge in [-0.05, 0) is 12.5 Å². The molecule has 3 N–H and O–H groups in total. The van der Waals surface area contributed by atoms with Gasteiger partial charge in [-0.25, -0.2) is 4.79 Å².